The quantitative estimate of drug-likeness (QED) is 0.789. The minimum atomic E-state index is 0.350. The van der Waals surface area contributed by atoms with E-state index in [0.29, 0.717) is 17.0 Å². The number of likely N-dealkylation sites (N-methyl/N-ethyl adjacent to an activating group) is 2. The topological polar surface area (TPSA) is 32.5 Å². The van der Waals surface area contributed by atoms with Gasteiger partial charge < -0.3 is 15.5 Å². The van der Waals surface area contributed by atoms with Crippen LogP contribution in [0.2, 0.25) is 0 Å². The Hall–Kier alpha value is -0.120. The predicted octanol–water partition coefficient (Wildman–Crippen LogP) is 2.17. The van der Waals surface area contributed by atoms with Crippen molar-refractivity contribution in [2.45, 2.75) is 58.0 Å². The van der Waals surface area contributed by atoms with E-state index in [1.807, 2.05) is 0 Å². The van der Waals surface area contributed by atoms with Crippen molar-refractivity contribution >= 4 is 0 Å². The van der Waals surface area contributed by atoms with E-state index in [1.54, 1.807) is 0 Å². The second kappa shape index (κ2) is 5.89. The van der Waals surface area contributed by atoms with Crippen LogP contribution in [0.3, 0.4) is 0 Å². The van der Waals surface area contributed by atoms with Gasteiger partial charge in [-0.1, -0.05) is 20.8 Å². The Bertz CT molecular complexity index is 251. The zero-order valence-electron chi connectivity index (χ0n) is 13.3. The number of nitrogens with zero attached hydrogens (tertiary/aromatic N) is 2. The molecule has 1 atom stereocenters. The lowest BCUT2D eigenvalue weighted by Gasteiger charge is -2.50. The molecule has 0 aromatic heterocycles. The van der Waals surface area contributed by atoms with Gasteiger partial charge in [-0.05, 0) is 52.2 Å². The predicted molar refractivity (Wildman–Crippen MR) is 79.8 cm³/mol. The second-order valence-electron chi connectivity index (χ2n) is 7.54. The van der Waals surface area contributed by atoms with Crippen LogP contribution in [0.1, 0.15) is 46.5 Å². The van der Waals surface area contributed by atoms with E-state index in [9.17, 15) is 0 Å². The average molecular weight is 255 g/mol. The van der Waals surface area contributed by atoms with Gasteiger partial charge in [0.2, 0.25) is 0 Å². The first-order valence-electron chi connectivity index (χ1n) is 7.28. The molecule has 1 unspecified atom stereocenters. The van der Waals surface area contributed by atoms with Crippen molar-refractivity contribution in [1.82, 2.24) is 9.80 Å². The molecule has 3 heteroatoms. The summed E-state index contributed by atoms with van der Waals surface area (Å²) in [5.74, 6) is 0. The molecule has 0 heterocycles. The molecule has 0 bridgehead atoms. The van der Waals surface area contributed by atoms with Crippen molar-refractivity contribution in [1.29, 1.82) is 0 Å². The fourth-order valence-corrected chi connectivity index (χ4v) is 3.05. The van der Waals surface area contributed by atoms with E-state index >= 15 is 0 Å². The molecular formula is C15H33N3. The number of hydrogen-bond donors (Lipinski definition) is 1. The molecule has 2 N–H and O–H groups in total. The SMILES string of the molecule is CN(CC1(N(C)C)CCC1)C(CN)CC(C)(C)C. The average Bonchev–Trinajstić information content (AvgIpc) is 2.17. The van der Waals surface area contributed by atoms with Crippen molar-refractivity contribution in [3.8, 4) is 0 Å². The molecule has 0 aromatic rings. The first-order valence-corrected chi connectivity index (χ1v) is 7.28. The number of hydrogen-bond acceptors (Lipinski definition) is 3. The van der Waals surface area contributed by atoms with Crippen LogP contribution in [-0.4, -0.2) is 55.6 Å². The molecule has 3 nitrogen and oxygen atoms in total. The van der Waals surface area contributed by atoms with Crippen LogP contribution in [0.5, 0.6) is 0 Å². The lowest BCUT2D eigenvalue weighted by molar-refractivity contribution is 0.0120. The largest absolute Gasteiger partial charge is 0.329 e. The molecule has 0 aliphatic heterocycles. The fraction of sp³-hybridized carbons (Fsp3) is 1.00. The Labute approximate surface area is 114 Å². The maximum atomic E-state index is 5.98. The van der Waals surface area contributed by atoms with Gasteiger partial charge in [0.25, 0.3) is 0 Å². The minimum absolute atomic E-state index is 0.350. The van der Waals surface area contributed by atoms with E-state index in [0.717, 1.165) is 13.1 Å². The third-order valence-corrected chi connectivity index (χ3v) is 4.52. The van der Waals surface area contributed by atoms with Crippen LogP contribution in [0.25, 0.3) is 0 Å². The van der Waals surface area contributed by atoms with Crippen LogP contribution in [-0.2, 0) is 0 Å². The van der Waals surface area contributed by atoms with Gasteiger partial charge in [-0.25, -0.2) is 0 Å². The van der Waals surface area contributed by atoms with E-state index < -0.39 is 0 Å². The smallest absolute Gasteiger partial charge is 0.0330 e. The highest BCUT2D eigenvalue weighted by atomic mass is 15.2. The molecule has 1 aliphatic carbocycles. The van der Waals surface area contributed by atoms with Crippen LogP contribution in [0.4, 0.5) is 0 Å². The van der Waals surface area contributed by atoms with Crippen LogP contribution in [0.15, 0.2) is 0 Å². The lowest BCUT2D eigenvalue weighted by atomic mass is 9.75. The molecule has 0 saturated heterocycles. The Morgan fingerprint density at radius 3 is 2.00 bits per heavy atom. The first kappa shape index (κ1) is 15.9. The number of rotatable bonds is 6. The van der Waals surface area contributed by atoms with Crippen molar-refractivity contribution in [3.63, 3.8) is 0 Å². The maximum Gasteiger partial charge on any atom is 0.0330 e. The zero-order chi connectivity index (χ0) is 14.0. The number of nitrogens with two attached hydrogens (primary N) is 1. The molecule has 1 fully saturated rings. The van der Waals surface area contributed by atoms with Gasteiger partial charge in [0, 0.05) is 24.7 Å². The van der Waals surface area contributed by atoms with Crippen LogP contribution < -0.4 is 5.73 Å². The van der Waals surface area contributed by atoms with E-state index in [4.69, 9.17) is 5.73 Å². The fourth-order valence-electron chi connectivity index (χ4n) is 3.05. The molecule has 0 spiro atoms. The Balaban J connectivity index is 2.59. The molecule has 1 aliphatic rings. The molecule has 18 heavy (non-hydrogen) atoms. The molecule has 0 aromatic carbocycles. The summed E-state index contributed by atoms with van der Waals surface area (Å²) >= 11 is 0. The van der Waals surface area contributed by atoms with Gasteiger partial charge >= 0.3 is 0 Å². The molecule has 108 valence electrons. The summed E-state index contributed by atoms with van der Waals surface area (Å²) in [6.07, 6.45) is 5.20. The van der Waals surface area contributed by atoms with Gasteiger partial charge in [-0.15, -0.1) is 0 Å². The normalized spacial score (nSPS) is 21.2. The highest BCUT2D eigenvalue weighted by Crippen LogP contribution is 2.37. The third-order valence-electron chi connectivity index (χ3n) is 4.52. The van der Waals surface area contributed by atoms with Crippen LogP contribution >= 0.6 is 0 Å². The molecule has 0 amide bonds. The van der Waals surface area contributed by atoms with Crippen LogP contribution in [0, 0.1) is 5.41 Å². The van der Waals surface area contributed by atoms with Gasteiger partial charge in [0.05, 0.1) is 0 Å². The Kier molecular flexibility index (Phi) is 5.22. The standard InChI is InChI=1S/C15H33N3/c1-14(2,3)10-13(11-16)18(6)12-15(17(4)5)8-7-9-15/h13H,7-12,16H2,1-6H3. The van der Waals surface area contributed by atoms with E-state index in [1.165, 1.54) is 25.7 Å². The zero-order valence-corrected chi connectivity index (χ0v) is 13.3. The van der Waals surface area contributed by atoms with Crippen molar-refractivity contribution in [3.05, 3.63) is 0 Å². The van der Waals surface area contributed by atoms with E-state index in [-0.39, 0.29) is 0 Å². The Morgan fingerprint density at radius 2 is 1.72 bits per heavy atom. The van der Waals surface area contributed by atoms with Gasteiger partial charge in [-0.2, -0.15) is 0 Å². The monoisotopic (exact) mass is 255 g/mol. The van der Waals surface area contributed by atoms with E-state index in [2.05, 4.69) is 51.7 Å². The molecule has 0 radical (unpaired) electrons. The maximum absolute atomic E-state index is 5.98. The summed E-state index contributed by atoms with van der Waals surface area (Å²) in [7, 11) is 6.68. The summed E-state index contributed by atoms with van der Waals surface area (Å²) < 4.78 is 0. The summed E-state index contributed by atoms with van der Waals surface area (Å²) in [5, 5.41) is 0. The third kappa shape index (κ3) is 3.94. The first-order chi connectivity index (χ1) is 8.20. The van der Waals surface area contributed by atoms with Gasteiger partial charge in [0.15, 0.2) is 0 Å². The lowest BCUT2D eigenvalue weighted by Crippen LogP contribution is -2.59. The summed E-state index contributed by atoms with van der Waals surface area (Å²) in [6.45, 7) is 8.81. The Morgan fingerprint density at radius 1 is 1.17 bits per heavy atom. The molecule has 1 saturated carbocycles. The summed E-state index contributed by atoms with van der Waals surface area (Å²) in [6, 6.07) is 0.502. The second-order valence-corrected chi connectivity index (χ2v) is 7.54. The molecule has 1 rings (SSSR count). The van der Waals surface area contributed by atoms with Crippen molar-refractivity contribution in [2.75, 3.05) is 34.2 Å². The van der Waals surface area contributed by atoms with Gasteiger partial charge in [-0.3, -0.25) is 0 Å². The summed E-state index contributed by atoms with van der Waals surface area (Å²) in [5.41, 5.74) is 6.73. The highest BCUT2D eigenvalue weighted by Gasteiger charge is 2.40. The van der Waals surface area contributed by atoms with Gasteiger partial charge in [0.1, 0.15) is 0 Å². The van der Waals surface area contributed by atoms with Crippen molar-refractivity contribution < 1.29 is 0 Å². The summed E-state index contributed by atoms with van der Waals surface area (Å²) in [4.78, 5) is 4.90. The highest BCUT2D eigenvalue weighted by molar-refractivity contribution is 4.98. The molecular weight excluding hydrogens is 222 g/mol. The minimum Gasteiger partial charge on any atom is -0.329 e. The van der Waals surface area contributed by atoms with Crippen molar-refractivity contribution in [2.24, 2.45) is 11.1 Å².